The number of rotatable bonds is 2. The number of hydrogen-bond donors (Lipinski definition) is 2. The first-order chi connectivity index (χ1) is 5.59. The number of nitrogen functional groups attached to an aromatic ring is 1. The molecule has 0 spiro atoms. The van der Waals surface area contributed by atoms with Crippen molar-refractivity contribution in [2.24, 2.45) is 0 Å². The standard InChI is InChI=1S/C5H9N5OS/c1-10(2)9-3(11)4-7-8-5(6)12-4/h1-2H3,(H2,6,8)(H,9,11). The molecule has 0 saturated carbocycles. The van der Waals surface area contributed by atoms with Gasteiger partial charge in [-0.2, -0.15) is 0 Å². The Bertz CT molecular complexity index is 283. The lowest BCUT2D eigenvalue weighted by Gasteiger charge is -2.08. The molecule has 0 radical (unpaired) electrons. The summed E-state index contributed by atoms with van der Waals surface area (Å²) < 4.78 is 0. The molecule has 0 aliphatic carbocycles. The summed E-state index contributed by atoms with van der Waals surface area (Å²) in [5, 5.41) is 9.17. The van der Waals surface area contributed by atoms with Crippen molar-refractivity contribution in [3.8, 4) is 0 Å². The Morgan fingerprint density at radius 3 is 2.67 bits per heavy atom. The van der Waals surface area contributed by atoms with Crippen molar-refractivity contribution >= 4 is 22.4 Å². The first-order valence-electron chi connectivity index (χ1n) is 3.17. The van der Waals surface area contributed by atoms with Crippen molar-refractivity contribution in [2.45, 2.75) is 0 Å². The van der Waals surface area contributed by atoms with E-state index in [1.165, 1.54) is 5.01 Å². The van der Waals surface area contributed by atoms with E-state index in [0.29, 0.717) is 5.13 Å². The molecule has 1 aromatic rings. The SMILES string of the molecule is CN(C)NC(=O)c1nnc(N)s1. The number of nitrogens with zero attached hydrogens (tertiary/aromatic N) is 3. The molecule has 7 heteroatoms. The molecular weight excluding hydrogens is 178 g/mol. The van der Waals surface area contributed by atoms with Crippen LogP contribution in [0.4, 0.5) is 5.13 Å². The summed E-state index contributed by atoms with van der Waals surface area (Å²) in [7, 11) is 3.42. The Hall–Kier alpha value is -1.21. The minimum atomic E-state index is -0.297. The average Bonchev–Trinajstić information content (AvgIpc) is 2.34. The van der Waals surface area contributed by atoms with Crippen LogP contribution in [0, 0.1) is 0 Å². The van der Waals surface area contributed by atoms with Crippen LogP contribution < -0.4 is 11.2 Å². The molecule has 1 heterocycles. The van der Waals surface area contributed by atoms with Crippen molar-refractivity contribution in [1.29, 1.82) is 0 Å². The molecule has 0 saturated heterocycles. The van der Waals surface area contributed by atoms with Crippen LogP contribution in [0.25, 0.3) is 0 Å². The zero-order valence-corrected chi connectivity index (χ0v) is 7.55. The number of hydrogen-bond acceptors (Lipinski definition) is 6. The van der Waals surface area contributed by atoms with Gasteiger partial charge in [-0.3, -0.25) is 10.2 Å². The number of nitrogens with two attached hydrogens (primary N) is 1. The van der Waals surface area contributed by atoms with E-state index in [9.17, 15) is 4.79 Å². The Morgan fingerprint density at radius 1 is 1.58 bits per heavy atom. The van der Waals surface area contributed by atoms with Gasteiger partial charge >= 0.3 is 0 Å². The Balaban J connectivity index is 2.65. The highest BCUT2D eigenvalue weighted by atomic mass is 32.1. The Kier molecular flexibility index (Phi) is 2.56. The number of nitrogens with one attached hydrogen (secondary N) is 1. The number of carbonyl (C=O) groups is 1. The fourth-order valence-corrected chi connectivity index (χ4v) is 1.08. The van der Waals surface area contributed by atoms with Crippen molar-refractivity contribution in [3.05, 3.63) is 5.01 Å². The second kappa shape index (κ2) is 3.46. The van der Waals surface area contributed by atoms with Gasteiger partial charge in [-0.05, 0) is 0 Å². The number of carbonyl (C=O) groups excluding carboxylic acids is 1. The quantitative estimate of drug-likeness (QED) is 0.600. The van der Waals surface area contributed by atoms with Crippen molar-refractivity contribution in [3.63, 3.8) is 0 Å². The molecule has 1 rings (SSSR count). The molecule has 0 aliphatic rings. The first-order valence-corrected chi connectivity index (χ1v) is 3.98. The van der Waals surface area contributed by atoms with E-state index in [0.717, 1.165) is 11.3 Å². The van der Waals surface area contributed by atoms with Gasteiger partial charge in [0.1, 0.15) is 0 Å². The van der Waals surface area contributed by atoms with Gasteiger partial charge < -0.3 is 5.73 Å². The van der Waals surface area contributed by atoms with Crippen LogP contribution in [0.2, 0.25) is 0 Å². The van der Waals surface area contributed by atoms with E-state index in [4.69, 9.17) is 5.73 Å². The fourth-order valence-electron chi connectivity index (χ4n) is 0.577. The summed E-state index contributed by atoms with van der Waals surface area (Å²) >= 11 is 1.05. The van der Waals surface area contributed by atoms with Crippen LogP contribution >= 0.6 is 11.3 Å². The molecule has 1 aromatic heterocycles. The molecule has 0 aromatic carbocycles. The second-order valence-corrected chi connectivity index (χ2v) is 3.29. The third-order valence-electron chi connectivity index (χ3n) is 0.960. The highest BCUT2D eigenvalue weighted by Crippen LogP contribution is 2.09. The van der Waals surface area contributed by atoms with Crippen LogP contribution in [0.1, 0.15) is 9.80 Å². The fraction of sp³-hybridized carbons (Fsp3) is 0.400. The largest absolute Gasteiger partial charge is 0.374 e. The number of anilines is 1. The second-order valence-electron chi connectivity index (χ2n) is 2.28. The van der Waals surface area contributed by atoms with E-state index in [-0.39, 0.29) is 10.9 Å². The van der Waals surface area contributed by atoms with Gasteiger partial charge in [0.2, 0.25) is 10.1 Å². The smallest absolute Gasteiger partial charge is 0.296 e. The summed E-state index contributed by atoms with van der Waals surface area (Å²) in [4.78, 5) is 11.2. The minimum Gasteiger partial charge on any atom is -0.374 e. The zero-order valence-electron chi connectivity index (χ0n) is 6.74. The van der Waals surface area contributed by atoms with Gasteiger partial charge in [0.05, 0.1) is 0 Å². The molecule has 0 bridgehead atoms. The number of amides is 1. The van der Waals surface area contributed by atoms with E-state index >= 15 is 0 Å². The van der Waals surface area contributed by atoms with Gasteiger partial charge in [-0.15, -0.1) is 10.2 Å². The molecule has 1 amide bonds. The van der Waals surface area contributed by atoms with Crippen molar-refractivity contribution < 1.29 is 4.79 Å². The lowest BCUT2D eigenvalue weighted by atomic mass is 10.7. The molecule has 0 unspecified atom stereocenters. The average molecular weight is 187 g/mol. The molecule has 3 N–H and O–H groups in total. The van der Waals surface area contributed by atoms with Gasteiger partial charge in [0.15, 0.2) is 0 Å². The van der Waals surface area contributed by atoms with Crippen LogP contribution in [-0.4, -0.2) is 35.2 Å². The maximum absolute atomic E-state index is 11.2. The van der Waals surface area contributed by atoms with Crippen molar-refractivity contribution in [1.82, 2.24) is 20.6 Å². The predicted octanol–water partition coefficient (Wildman–Crippen LogP) is -0.673. The Morgan fingerprint density at radius 2 is 2.25 bits per heavy atom. The van der Waals surface area contributed by atoms with Gasteiger partial charge in [-0.1, -0.05) is 11.3 Å². The highest BCUT2D eigenvalue weighted by Gasteiger charge is 2.11. The predicted molar refractivity (Wildman–Crippen MR) is 45.5 cm³/mol. The number of hydrazine groups is 1. The lowest BCUT2D eigenvalue weighted by Crippen LogP contribution is -2.36. The third-order valence-corrected chi connectivity index (χ3v) is 1.71. The topological polar surface area (TPSA) is 84.1 Å². The minimum absolute atomic E-state index is 0.265. The molecule has 6 nitrogen and oxygen atoms in total. The lowest BCUT2D eigenvalue weighted by molar-refractivity contribution is 0.0856. The molecule has 12 heavy (non-hydrogen) atoms. The molecule has 66 valence electrons. The van der Waals surface area contributed by atoms with E-state index in [2.05, 4.69) is 15.6 Å². The highest BCUT2D eigenvalue weighted by molar-refractivity contribution is 7.16. The normalized spacial score (nSPS) is 10.2. The summed E-state index contributed by atoms with van der Waals surface area (Å²) in [6, 6.07) is 0. The van der Waals surface area contributed by atoms with Crippen LogP contribution in [-0.2, 0) is 0 Å². The van der Waals surface area contributed by atoms with Crippen LogP contribution in [0.15, 0.2) is 0 Å². The van der Waals surface area contributed by atoms with E-state index in [1.807, 2.05) is 0 Å². The molecule has 0 atom stereocenters. The summed E-state index contributed by atoms with van der Waals surface area (Å²) in [6.45, 7) is 0. The first kappa shape index (κ1) is 8.88. The third kappa shape index (κ3) is 2.14. The monoisotopic (exact) mass is 187 g/mol. The zero-order chi connectivity index (χ0) is 9.14. The molecule has 0 fully saturated rings. The summed E-state index contributed by atoms with van der Waals surface area (Å²) in [5.41, 5.74) is 7.82. The Labute approximate surface area is 73.4 Å². The van der Waals surface area contributed by atoms with Crippen LogP contribution in [0.5, 0.6) is 0 Å². The van der Waals surface area contributed by atoms with E-state index in [1.54, 1.807) is 14.1 Å². The number of aromatic nitrogens is 2. The van der Waals surface area contributed by atoms with Crippen LogP contribution in [0.3, 0.4) is 0 Å². The molecule has 0 aliphatic heterocycles. The molecular formula is C5H9N5OS. The summed E-state index contributed by atoms with van der Waals surface area (Å²) in [6.07, 6.45) is 0. The maximum Gasteiger partial charge on any atom is 0.296 e. The maximum atomic E-state index is 11.2. The van der Waals surface area contributed by atoms with Crippen molar-refractivity contribution in [2.75, 3.05) is 19.8 Å². The van der Waals surface area contributed by atoms with Gasteiger partial charge in [0, 0.05) is 14.1 Å². The van der Waals surface area contributed by atoms with Gasteiger partial charge in [-0.25, -0.2) is 5.01 Å². The van der Waals surface area contributed by atoms with Gasteiger partial charge in [0.25, 0.3) is 5.91 Å². The van der Waals surface area contributed by atoms with E-state index < -0.39 is 0 Å². The summed E-state index contributed by atoms with van der Waals surface area (Å²) in [5.74, 6) is -0.297.